The third kappa shape index (κ3) is 3.21. The quantitative estimate of drug-likeness (QED) is 0.797. The zero-order valence-corrected chi connectivity index (χ0v) is 13.0. The smallest absolute Gasteiger partial charge is 0.228 e. The van der Waals surface area contributed by atoms with E-state index in [1.807, 2.05) is 30.6 Å². The Labute approximate surface area is 130 Å². The lowest BCUT2D eigenvalue weighted by Crippen LogP contribution is -2.19. The van der Waals surface area contributed by atoms with E-state index in [9.17, 15) is 4.79 Å². The van der Waals surface area contributed by atoms with Gasteiger partial charge < -0.3 is 9.88 Å². The van der Waals surface area contributed by atoms with E-state index in [0.29, 0.717) is 17.0 Å². The molecule has 2 heterocycles. The van der Waals surface area contributed by atoms with Gasteiger partial charge in [-0.1, -0.05) is 26.0 Å². The summed E-state index contributed by atoms with van der Waals surface area (Å²) in [5, 5.41) is 2.79. The van der Waals surface area contributed by atoms with Crippen LogP contribution in [-0.2, 0) is 4.79 Å². The summed E-state index contributed by atoms with van der Waals surface area (Å²) in [6.45, 7) is 11.2. The largest absolute Gasteiger partial charge is 0.311 e. The number of nitrogens with zero attached hydrogens (tertiary/aromatic N) is 4. The molecule has 0 saturated carbocycles. The van der Waals surface area contributed by atoms with Crippen LogP contribution in [0.4, 0.5) is 5.82 Å². The molecule has 22 heavy (non-hydrogen) atoms. The number of fused-ring (bicyclic) bond motifs is 1. The van der Waals surface area contributed by atoms with Gasteiger partial charge in [0.05, 0.1) is 6.33 Å². The van der Waals surface area contributed by atoms with Crippen LogP contribution in [0.25, 0.3) is 11.2 Å². The molecule has 6 nitrogen and oxygen atoms in total. The van der Waals surface area contributed by atoms with Gasteiger partial charge in [0.15, 0.2) is 17.0 Å². The van der Waals surface area contributed by atoms with Gasteiger partial charge in [-0.05, 0) is 12.8 Å². The van der Waals surface area contributed by atoms with E-state index < -0.39 is 0 Å². The number of aromatic nitrogens is 4. The number of hydrogen-bond acceptors (Lipinski definition) is 4. The van der Waals surface area contributed by atoms with Crippen molar-refractivity contribution >= 4 is 22.9 Å². The Morgan fingerprint density at radius 3 is 2.55 bits per heavy atom. The van der Waals surface area contributed by atoms with Gasteiger partial charge in [-0.2, -0.15) is 0 Å². The van der Waals surface area contributed by atoms with Crippen molar-refractivity contribution in [1.82, 2.24) is 19.5 Å². The Morgan fingerprint density at radius 1 is 1.27 bits per heavy atom. The molecule has 2 aromatic heterocycles. The molecule has 0 fully saturated rings. The Balaban J connectivity index is 2.42. The lowest BCUT2D eigenvalue weighted by Gasteiger charge is -2.15. The lowest BCUT2D eigenvalue weighted by molar-refractivity contribution is -0.118. The number of rotatable bonds is 7. The van der Waals surface area contributed by atoms with Gasteiger partial charge in [-0.15, -0.1) is 13.2 Å². The summed E-state index contributed by atoms with van der Waals surface area (Å²) in [5.74, 6) is 0.225. The first-order valence-electron chi connectivity index (χ1n) is 7.28. The van der Waals surface area contributed by atoms with Crippen molar-refractivity contribution in [1.29, 1.82) is 0 Å². The van der Waals surface area contributed by atoms with E-state index in [2.05, 4.69) is 33.4 Å². The highest BCUT2D eigenvalue weighted by molar-refractivity contribution is 5.97. The van der Waals surface area contributed by atoms with Gasteiger partial charge in [-0.25, -0.2) is 15.0 Å². The van der Waals surface area contributed by atoms with Crippen LogP contribution < -0.4 is 5.32 Å². The Morgan fingerprint density at radius 2 is 1.95 bits per heavy atom. The van der Waals surface area contributed by atoms with Crippen molar-refractivity contribution < 1.29 is 4.79 Å². The molecule has 1 amide bonds. The molecule has 2 aromatic rings. The molecule has 1 N–H and O–H groups in total. The highest BCUT2D eigenvalue weighted by atomic mass is 16.1. The van der Waals surface area contributed by atoms with Crippen molar-refractivity contribution in [3.63, 3.8) is 0 Å². The Bertz CT molecular complexity index is 679. The van der Waals surface area contributed by atoms with Crippen LogP contribution in [0.3, 0.4) is 0 Å². The number of anilines is 1. The van der Waals surface area contributed by atoms with Crippen LogP contribution in [0.1, 0.15) is 32.7 Å². The number of allylic oxidation sites excluding steroid dienone is 2. The van der Waals surface area contributed by atoms with Crippen LogP contribution in [0.2, 0.25) is 0 Å². The third-order valence-electron chi connectivity index (χ3n) is 3.40. The molecule has 0 aromatic carbocycles. The van der Waals surface area contributed by atoms with E-state index in [0.717, 1.165) is 12.8 Å². The molecule has 2 rings (SSSR count). The predicted molar refractivity (Wildman–Crippen MR) is 87.5 cm³/mol. The predicted octanol–water partition coefficient (Wildman–Crippen LogP) is 3.11. The summed E-state index contributed by atoms with van der Waals surface area (Å²) >= 11 is 0. The van der Waals surface area contributed by atoms with Crippen LogP contribution in [0.5, 0.6) is 0 Å². The molecule has 0 saturated heterocycles. The minimum atomic E-state index is -0.124. The second kappa shape index (κ2) is 6.98. The molecule has 116 valence electrons. The molecule has 6 heteroatoms. The number of carbonyl (C=O) groups is 1. The Hall–Kier alpha value is -2.50. The van der Waals surface area contributed by atoms with Crippen molar-refractivity contribution in [2.24, 2.45) is 5.92 Å². The number of nitrogens with one attached hydrogen (secondary N) is 1. The highest BCUT2D eigenvalue weighted by Crippen LogP contribution is 2.25. The van der Waals surface area contributed by atoms with Crippen molar-refractivity contribution in [3.05, 3.63) is 38.0 Å². The van der Waals surface area contributed by atoms with Gasteiger partial charge >= 0.3 is 0 Å². The van der Waals surface area contributed by atoms with Crippen LogP contribution in [0.15, 0.2) is 38.0 Å². The molecule has 0 aliphatic heterocycles. The summed E-state index contributed by atoms with van der Waals surface area (Å²) in [7, 11) is 0. The average Bonchev–Trinajstić information content (AvgIpc) is 2.92. The molecule has 0 bridgehead atoms. The number of carbonyl (C=O) groups excluding carboxylic acids is 1. The first kappa shape index (κ1) is 15.9. The van der Waals surface area contributed by atoms with E-state index >= 15 is 0 Å². The van der Waals surface area contributed by atoms with Crippen LogP contribution >= 0.6 is 0 Å². The summed E-state index contributed by atoms with van der Waals surface area (Å²) in [4.78, 5) is 24.7. The van der Waals surface area contributed by atoms with E-state index in [4.69, 9.17) is 0 Å². The maximum atomic E-state index is 11.9. The standard InChI is InChI=1S/C16H21N5O/c1-5-7-12(8-6-2)21-10-19-13-14(17-9-18-15(13)21)20-16(22)11(3)4/h5-6,9-12H,1-2,7-8H2,3-4H3,(H,17,18,20,22). The second-order valence-electron chi connectivity index (χ2n) is 5.39. The van der Waals surface area contributed by atoms with Crippen molar-refractivity contribution in [3.8, 4) is 0 Å². The second-order valence-corrected chi connectivity index (χ2v) is 5.39. The summed E-state index contributed by atoms with van der Waals surface area (Å²) in [6, 6.07) is 0.156. The highest BCUT2D eigenvalue weighted by Gasteiger charge is 2.17. The van der Waals surface area contributed by atoms with E-state index in [1.165, 1.54) is 6.33 Å². The zero-order chi connectivity index (χ0) is 16.1. The number of imidazole rings is 1. The fourth-order valence-electron chi connectivity index (χ4n) is 2.18. The Kier molecular flexibility index (Phi) is 5.04. The summed E-state index contributed by atoms with van der Waals surface area (Å²) in [6.07, 6.45) is 8.47. The fraction of sp³-hybridized carbons (Fsp3) is 0.375. The van der Waals surface area contributed by atoms with Gasteiger partial charge in [0.2, 0.25) is 5.91 Å². The molecular weight excluding hydrogens is 278 g/mol. The zero-order valence-electron chi connectivity index (χ0n) is 13.0. The lowest BCUT2D eigenvalue weighted by atomic mass is 10.1. The maximum absolute atomic E-state index is 11.9. The number of amides is 1. The minimum absolute atomic E-state index is 0.0942. The molecule has 0 unspecified atom stereocenters. The summed E-state index contributed by atoms with van der Waals surface area (Å²) < 4.78 is 1.98. The molecule has 0 atom stereocenters. The number of hydrogen-bond donors (Lipinski definition) is 1. The molecular formula is C16H21N5O. The summed E-state index contributed by atoms with van der Waals surface area (Å²) in [5.41, 5.74) is 1.29. The normalized spacial score (nSPS) is 11.1. The molecule has 0 aliphatic rings. The van der Waals surface area contributed by atoms with Crippen LogP contribution in [-0.4, -0.2) is 25.4 Å². The van der Waals surface area contributed by atoms with Crippen LogP contribution in [0, 0.1) is 5.92 Å². The monoisotopic (exact) mass is 299 g/mol. The van der Waals surface area contributed by atoms with Crippen molar-refractivity contribution in [2.45, 2.75) is 32.7 Å². The van der Waals surface area contributed by atoms with Gasteiger partial charge in [-0.3, -0.25) is 4.79 Å². The first-order chi connectivity index (χ1) is 10.6. The van der Waals surface area contributed by atoms with E-state index in [1.54, 1.807) is 6.33 Å². The van der Waals surface area contributed by atoms with Gasteiger partial charge in [0.25, 0.3) is 0 Å². The SMILES string of the molecule is C=CCC(CC=C)n1cnc2c(NC(=O)C(C)C)ncnc21. The molecule has 0 radical (unpaired) electrons. The topological polar surface area (TPSA) is 72.7 Å². The minimum Gasteiger partial charge on any atom is -0.311 e. The third-order valence-corrected chi connectivity index (χ3v) is 3.40. The molecule has 0 spiro atoms. The van der Waals surface area contributed by atoms with Crippen molar-refractivity contribution in [2.75, 3.05) is 5.32 Å². The van der Waals surface area contributed by atoms with Gasteiger partial charge in [0, 0.05) is 12.0 Å². The van der Waals surface area contributed by atoms with E-state index in [-0.39, 0.29) is 17.9 Å². The van der Waals surface area contributed by atoms with Gasteiger partial charge in [0.1, 0.15) is 6.33 Å². The molecule has 0 aliphatic carbocycles. The first-order valence-corrected chi connectivity index (χ1v) is 7.28. The average molecular weight is 299 g/mol. The maximum Gasteiger partial charge on any atom is 0.228 e. The fourth-order valence-corrected chi connectivity index (χ4v) is 2.18.